The maximum Gasteiger partial charge on any atom is 0.134 e. The number of benzene rings is 1. The SMILES string of the molecule is CCC(CC)Nc1nccc2ccccc12. The molecule has 0 atom stereocenters. The Morgan fingerprint density at radius 2 is 1.88 bits per heavy atom. The molecule has 16 heavy (non-hydrogen) atoms. The van der Waals surface area contributed by atoms with Gasteiger partial charge in [-0.05, 0) is 24.3 Å². The number of anilines is 1. The molecule has 0 bridgehead atoms. The summed E-state index contributed by atoms with van der Waals surface area (Å²) in [5.74, 6) is 1.01. The molecule has 1 aromatic carbocycles. The van der Waals surface area contributed by atoms with E-state index in [1.807, 2.05) is 12.3 Å². The molecule has 2 rings (SSSR count). The van der Waals surface area contributed by atoms with Gasteiger partial charge < -0.3 is 5.32 Å². The van der Waals surface area contributed by atoms with E-state index in [1.165, 1.54) is 10.8 Å². The van der Waals surface area contributed by atoms with Crippen LogP contribution in [0.25, 0.3) is 10.8 Å². The largest absolute Gasteiger partial charge is 0.367 e. The van der Waals surface area contributed by atoms with E-state index in [0.717, 1.165) is 18.7 Å². The smallest absolute Gasteiger partial charge is 0.134 e. The van der Waals surface area contributed by atoms with Gasteiger partial charge in [0.25, 0.3) is 0 Å². The maximum absolute atomic E-state index is 4.43. The lowest BCUT2D eigenvalue weighted by Gasteiger charge is -2.16. The van der Waals surface area contributed by atoms with E-state index >= 15 is 0 Å². The molecule has 84 valence electrons. The van der Waals surface area contributed by atoms with Gasteiger partial charge in [-0.2, -0.15) is 0 Å². The van der Waals surface area contributed by atoms with Crippen LogP contribution in [0.3, 0.4) is 0 Å². The predicted octanol–water partition coefficient (Wildman–Crippen LogP) is 3.84. The highest BCUT2D eigenvalue weighted by Gasteiger charge is 2.06. The van der Waals surface area contributed by atoms with E-state index in [0.29, 0.717) is 6.04 Å². The Balaban J connectivity index is 2.36. The van der Waals surface area contributed by atoms with Crippen molar-refractivity contribution < 1.29 is 0 Å². The number of fused-ring (bicyclic) bond motifs is 1. The molecule has 2 aromatic rings. The first kappa shape index (κ1) is 10.9. The molecular weight excluding hydrogens is 196 g/mol. The second-order valence-electron chi connectivity index (χ2n) is 4.04. The predicted molar refractivity (Wildman–Crippen MR) is 69.7 cm³/mol. The molecule has 1 N–H and O–H groups in total. The monoisotopic (exact) mass is 214 g/mol. The molecule has 0 saturated heterocycles. The summed E-state index contributed by atoms with van der Waals surface area (Å²) in [5.41, 5.74) is 0. The highest BCUT2D eigenvalue weighted by atomic mass is 15.0. The zero-order valence-corrected chi connectivity index (χ0v) is 9.90. The number of hydrogen-bond acceptors (Lipinski definition) is 2. The number of pyridine rings is 1. The second-order valence-corrected chi connectivity index (χ2v) is 4.04. The van der Waals surface area contributed by atoms with Crippen LogP contribution in [-0.2, 0) is 0 Å². The van der Waals surface area contributed by atoms with Gasteiger partial charge in [-0.1, -0.05) is 38.1 Å². The van der Waals surface area contributed by atoms with Crippen molar-refractivity contribution in [1.29, 1.82) is 0 Å². The highest BCUT2D eigenvalue weighted by molar-refractivity contribution is 5.91. The van der Waals surface area contributed by atoms with Crippen molar-refractivity contribution >= 4 is 16.6 Å². The molecule has 0 fully saturated rings. The van der Waals surface area contributed by atoms with Crippen molar-refractivity contribution in [2.24, 2.45) is 0 Å². The van der Waals surface area contributed by atoms with Crippen LogP contribution in [-0.4, -0.2) is 11.0 Å². The molecule has 0 amide bonds. The van der Waals surface area contributed by atoms with Crippen molar-refractivity contribution in [2.75, 3.05) is 5.32 Å². The van der Waals surface area contributed by atoms with E-state index in [9.17, 15) is 0 Å². The van der Waals surface area contributed by atoms with Gasteiger partial charge in [0.05, 0.1) is 0 Å². The van der Waals surface area contributed by atoms with Crippen LogP contribution < -0.4 is 5.32 Å². The first-order valence-corrected chi connectivity index (χ1v) is 5.95. The molecule has 1 aromatic heterocycles. The van der Waals surface area contributed by atoms with E-state index in [4.69, 9.17) is 0 Å². The van der Waals surface area contributed by atoms with Gasteiger partial charge in [-0.25, -0.2) is 4.98 Å². The standard InChI is InChI=1S/C14H18N2/c1-3-12(4-2)16-14-13-8-6-5-7-11(13)9-10-15-14/h5-10,12H,3-4H2,1-2H3,(H,15,16). The molecule has 0 aliphatic rings. The summed E-state index contributed by atoms with van der Waals surface area (Å²) >= 11 is 0. The van der Waals surface area contributed by atoms with Gasteiger partial charge in [-0.15, -0.1) is 0 Å². The van der Waals surface area contributed by atoms with E-state index < -0.39 is 0 Å². The zero-order valence-electron chi connectivity index (χ0n) is 9.90. The Morgan fingerprint density at radius 1 is 1.12 bits per heavy atom. The highest BCUT2D eigenvalue weighted by Crippen LogP contribution is 2.21. The summed E-state index contributed by atoms with van der Waals surface area (Å²) in [7, 11) is 0. The van der Waals surface area contributed by atoms with E-state index in [-0.39, 0.29) is 0 Å². The molecule has 1 heterocycles. The number of rotatable bonds is 4. The summed E-state index contributed by atoms with van der Waals surface area (Å²) in [6.45, 7) is 4.40. The Kier molecular flexibility index (Phi) is 3.40. The Bertz CT molecular complexity index is 456. The number of nitrogens with zero attached hydrogens (tertiary/aromatic N) is 1. The number of aromatic nitrogens is 1. The minimum absolute atomic E-state index is 0.512. The first-order valence-electron chi connectivity index (χ1n) is 5.95. The lowest BCUT2D eigenvalue weighted by atomic mass is 10.1. The normalized spacial score (nSPS) is 10.9. The zero-order chi connectivity index (χ0) is 11.4. The average Bonchev–Trinajstić information content (AvgIpc) is 2.36. The molecule has 2 heteroatoms. The summed E-state index contributed by atoms with van der Waals surface area (Å²) in [6, 6.07) is 10.9. The Labute approximate surface area is 96.7 Å². The minimum Gasteiger partial charge on any atom is -0.367 e. The quantitative estimate of drug-likeness (QED) is 0.836. The summed E-state index contributed by atoms with van der Waals surface area (Å²) in [5, 5.41) is 5.96. The lowest BCUT2D eigenvalue weighted by Crippen LogP contribution is -2.17. The topological polar surface area (TPSA) is 24.9 Å². The van der Waals surface area contributed by atoms with Crippen LogP contribution in [0.15, 0.2) is 36.5 Å². The average molecular weight is 214 g/mol. The van der Waals surface area contributed by atoms with Gasteiger partial charge in [0, 0.05) is 17.6 Å². The van der Waals surface area contributed by atoms with Crippen LogP contribution in [0.2, 0.25) is 0 Å². The first-order chi connectivity index (χ1) is 7.85. The van der Waals surface area contributed by atoms with Gasteiger partial charge in [0.1, 0.15) is 5.82 Å². The molecule has 2 nitrogen and oxygen atoms in total. The van der Waals surface area contributed by atoms with E-state index in [1.54, 1.807) is 0 Å². The van der Waals surface area contributed by atoms with Gasteiger partial charge in [0.15, 0.2) is 0 Å². The third kappa shape index (κ3) is 2.16. The molecule has 0 spiro atoms. The fourth-order valence-electron chi connectivity index (χ4n) is 1.92. The summed E-state index contributed by atoms with van der Waals surface area (Å²) < 4.78 is 0. The summed E-state index contributed by atoms with van der Waals surface area (Å²) in [4.78, 5) is 4.43. The minimum atomic E-state index is 0.512. The van der Waals surface area contributed by atoms with Crippen molar-refractivity contribution in [3.05, 3.63) is 36.5 Å². The Hall–Kier alpha value is -1.57. The number of nitrogens with one attached hydrogen (secondary N) is 1. The molecule has 0 saturated carbocycles. The van der Waals surface area contributed by atoms with Gasteiger partial charge in [0.2, 0.25) is 0 Å². The molecule has 0 aliphatic heterocycles. The van der Waals surface area contributed by atoms with Gasteiger partial charge in [-0.3, -0.25) is 0 Å². The van der Waals surface area contributed by atoms with Crippen LogP contribution in [0.4, 0.5) is 5.82 Å². The van der Waals surface area contributed by atoms with Crippen LogP contribution in [0, 0.1) is 0 Å². The molecule has 0 aliphatic carbocycles. The lowest BCUT2D eigenvalue weighted by molar-refractivity contribution is 0.669. The molecule has 0 unspecified atom stereocenters. The van der Waals surface area contributed by atoms with Crippen LogP contribution in [0.1, 0.15) is 26.7 Å². The molecule has 0 radical (unpaired) electrons. The molecular formula is C14H18N2. The maximum atomic E-state index is 4.43. The van der Waals surface area contributed by atoms with Crippen LogP contribution in [0.5, 0.6) is 0 Å². The summed E-state index contributed by atoms with van der Waals surface area (Å²) in [6.07, 6.45) is 4.12. The fraction of sp³-hybridized carbons (Fsp3) is 0.357. The van der Waals surface area contributed by atoms with Crippen molar-refractivity contribution in [2.45, 2.75) is 32.7 Å². The third-order valence-electron chi connectivity index (χ3n) is 3.00. The Morgan fingerprint density at radius 3 is 2.62 bits per heavy atom. The van der Waals surface area contributed by atoms with Crippen molar-refractivity contribution in [3.63, 3.8) is 0 Å². The van der Waals surface area contributed by atoms with Crippen LogP contribution >= 0.6 is 0 Å². The fourth-order valence-corrected chi connectivity index (χ4v) is 1.92. The second kappa shape index (κ2) is 4.97. The van der Waals surface area contributed by atoms with Crippen molar-refractivity contribution in [1.82, 2.24) is 4.98 Å². The van der Waals surface area contributed by atoms with E-state index in [2.05, 4.69) is 48.4 Å². The number of hydrogen-bond donors (Lipinski definition) is 1. The van der Waals surface area contributed by atoms with Gasteiger partial charge >= 0.3 is 0 Å². The van der Waals surface area contributed by atoms with Crippen molar-refractivity contribution in [3.8, 4) is 0 Å². The third-order valence-corrected chi connectivity index (χ3v) is 3.00.